The molecule has 14 heavy (non-hydrogen) atoms. The molecule has 0 fully saturated rings. The maximum Gasteiger partial charge on any atom is 0.207 e. The van der Waals surface area contributed by atoms with E-state index in [0.29, 0.717) is 6.41 Å². The molecule has 0 aliphatic carbocycles. The second-order valence-electron chi connectivity index (χ2n) is 3.19. The van der Waals surface area contributed by atoms with Gasteiger partial charge in [-0.3, -0.25) is 4.79 Å². The number of amides is 1. The lowest BCUT2D eigenvalue weighted by molar-refractivity contribution is -0.110. The Kier molecular flexibility index (Phi) is 2.23. The Morgan fingerprint density at radius 3 is 2.93 bits per heavy atom. The first-order valence-electron chi connectivity index (χ1n) is 4.49. The summed E-state index contributed by atoms with van der Waals surface area (Å²) >= 11 is 0. The average Bonchev–Trinajstić information content (AvgIpc) is 2.61. The molecule has 2 rings (SSSR count). The summed E-state index contributed by atoms with van der Waals surface area (Å²) in [6.45, 7) is 1.88. The van der Waals surface area contributed by atoms with Gasteiger partial charge in [0, 0.05) is 5.39 Å². The van der Waals surface area contributed by atoms with Crippen molar-refractivity contribution in [2.75, 3.05) is 0 Å². The van der Waals surface area contributed by atoms with Gasteiger partial charge in [0.15, 0.2) is 0 Å². The zero-order valence-corrected chi connectivity index (χ0v) is 7.86. The van der Waals surface area contributed by atoms with E-state index in [9.17, 15) is 4.79 Å². The lowest BCUT2D eigenvalue weighted by Gasteiger charge is -2.04. The molecule has 72 valence electrons. The number of furan rings is 1. The monoisotopic (exact) mass is 189 g/mol. The Balaban J connectivity index is 2.39. The van der Waals surface area contributed by atoms with Crippen molar-refractivity contribution in [3.05, 3.63) is 36.1 Å². The molecule has 1 heterocycles. The Labute approximate surface area is 81.7 Å². The fourth-order valence-electron chi connectivity index (χ4n) is 1.40. The van der Waals surface area contributed by atoms with Crippen LogP contribution in [0.25, 0.3) is 11.0 Å². The van der Waals surface area contributed by atoms with E-state index in [2.05, 4.69) is 5.32 Å². The van der Waals surface area contributed by atoms with Crippen LogP contribution in [-0.2, 0) is 4.79 Å². The molecule has 3 heteroatoms. The molecule has 0 aliphatic heterocycles. The maximum absolute atomic E-state index is 10.3. The smallest absolute Gasteiger partial charge is 0.207 e. The van der Waals surface area contributed by atoms with Crippen LogP contribution >= 0.6 is 0 Å². The number of benzene rings is 1. The summed E-state index contributed by atoms with van der Waals surface area (Å²) in [5.74, 6) is 0.776. The van der Waals surface area contributed by atoms with Crippen molar-refractivity contribution in [1.29, 1.82) is 0 Å². The largest absolute Gasteiger partial charge is 0.459 e. The van der Waals surface area contributed by atoms with Crippen molar-refractivity contribution in [3.63, 3.8) is 0 Å². The van der Waals surface area contributed by atoms with E-state index in [1.54, 1.807) is 0 Å². The molecule has 1 aromatic heterocycles. The molecule has 0 spiro atoms. The number of nitrogens with one attached hydrogen (secondary N) is 1. The first-order chi connectivity index (χ1) is 6.81. The lowest BCUT2D eigenvalue weighted by atomic mass is 10.2. The van der Waals surface area contributed by atoms with E-state index < -0.39 is 0 Å². The molecule has 3 nitrogen and oxygen atoms in total. The predicted molar refractivity (Wildman–Crippen MR) is 53.8 cm³/mol. The molecule has 0 bridgehead atoms. The minimum absolute atomic E-state index is 0.0834. The SMILES string of the molecule is CC(NC=O)c1cc2ccccc2o1. The van der Waals surface area contributed by atoms with Crippen LogP contribution in [0.3, 0.4) is 0 Å². The van der Waals surface area contributed by atoms with E-state index in [0.717, 1.165) is 16.7 Å². The molecule has 0 aliphatic rings. The molecule has 2 aromatic rings. The van der Waals surface area contributed by atoms with E-state index >= 15 is 0 Å². The first-order valence-corrected chi connectivity index (χ1v) is 4.49. The number of hydrogen-bond acceptors (Lipinski definition) is 2. The Morgan fingerprint density at radius 2 is 2.21 bits per heavy atom. The number of fused-ring (bicyclic) bond motifs is 1. The highest BCUT2D eigenvalue weighted by molar-refractivity contribution is 5.77. The quantitative estimate of drug-likeness (QED) is 0.752. The number of carbonyl (C=O) groups excluding carboxylic acids is 1. The summed E-state index contributed by atoms with van der Waals surface area (Å²) < 4.78 is 5.56. The van der Waals surface area contributed by atoms with Crippen LogP contribution in [0, 0.1) is 0 Å². The zero-order valence-electron chi connectivity index (χ0n) is 7.86. The minimum atomic E-state index is -0.0834. The third kappa shape index (κ3) is 1.48. The second kappa shape index (κ2) is 3.54. The van der Waals surface area contributed by atoms with Gasteiger partial charge >= 0.3 is 0 Å². The van der Waals surface area contributed by atoms with E-state index in [4.69, 9.17) is 4.42 Å². The Bertz CT molecular complexity index is 414. The van der Waals surface area contributed by atoms with Crippen LogP contribution in [0.15, 0.2) is 34.7 Å². The van der Waals surface area contributed by atoms with Crippen LogP contribution in [0.5, 0.6) is 0 Å². The maximum atomic E-state index is 10.3. The first kappa shape index (κ1) is 8.81. The van der Waals surface area contributed by atoms with Gasteiger partial charge in [-0.1, -0.05) is 18.2 Å². The van der Waals surface area contributed by atoms with Gasteiger partial charge in [-0.25, -0.2) is 0 Å². The highest BCUT2D eigenvalue weighted by Crippen LogP contribution is 2.22. The molecule has 1 amide bonds. The van der Waals surface area contributed by atoms with Crippen LogP contribution < -0.4 is 5.32 Å². The molecule has 0 radical (unpaired) electrons. The third-order valence-corrected chi connectivity index (χ3v) is 2.19. The van der Waals surface area contributed by atoms with Gasteiger partial charge in [-0.05, 0) is 19.1 Å². The topological polar surface area (TPSA) is 42.2 Å². The van der Waals surface area contributed by atoms with Crippen molar-refractivity contribution < 1.29 is 9.21 Å². The van der Waals surface area contributed by atoms with Gasteiger partial charge in [0.25, 0.3) is 0 Å². The summed E-state index contributed by atoms with van der Waals surface area (Å²) in [6, 6.07) is 9.63. The van der Waals surface area contributed by atoms with Crippen molar-refractivity contribution >= 4 is 17.4 Å². The average molecular weight is 189 g/mol. The van der Waals surface area contributed by atoms with Crippen LogP contribution in [0.1, 0.15) is 18.7 Å². The third-order valence-electron chi connectivity index (χ3n) is 2.19. The fraction of sp³-hybridized carbons (Fsp3) is 0.182. The molecule has 1 unspecified atom stereocenters. The van der Waals surface area contributed by atoms with Gasteiger partial charge in [0.1, 0.15) is 11.3 Å². The molecule has 0 saturated carbocycles. The van der Waals surface area contributed by atoms with Gasteiger partial charge in [0.05, 0.1) is 6.04 Å². The standard InChI is InChI=1S/C11H11NO2/c1-8(12-7-13)11-6-9-4-2-3-5-10(9)14-11/h2-8H,1H3,(H,12,13). The number of hydrogen-bond donors (Lipinski definition) is 1. The van der Waals surface area contributed by atoms with Crippen molar-refractivity contribution in [2.45, 2.75) is 13.0 Å². The molecule has 0 saturated heterocycles. The summed E-state index contributed by atoms with van der Waals surface area (Å²) in [7, 11) is 0. The number of carbonyl (C=O) groups is 1. The van der Waals surface area contributed by atoms with Gasteiger partial charge in [-0.2, -0.15) is 0 Å². The highest BCUT2D eigenvalue weighted by atomic mass is 16.3. The van der Waals surface area contributed by atoms with Gasteiger partial charge < -0.3 is 9.73 Å². The molecular weight excluding hydrogens is 178 g/mol. The van der Waals surface area contributed by atoms with E-state index in [-0.39, 0.29) is 6.04 Å². The van der Waals surface area contributed by atoms with Gasteiger partial charge in [-0.15, -0.1) is 0 Å². The summed E-state index contributed by atoms with van der Waals surface area (Å²) in [5, 5.41) is 3.71. The van der Waals surface area contributed by atoms with Gasteiger partial charge in [0.2, 0.25) is 6.41 Å². The van der Waals surface area contributed by atoms with E-state index in [1.165, 1.54) is 0 Å². The highest BCUT2D eigenvalue weighted by Gasteiger charge is 2.09. The van der Waals surface area contributed by atoms with Crippen LogP contribution in [0.4, 0.5) is 0 Å². The summed E-state index contributed by atoms with van der Waals surface area (Å²) in [6.07, 6.45) is 0.678. The normalized spacial score (nSPS) is 12.6. The van der Waals surface area contributed by atoms with Crippen LogP contribution in [0.2, 0.25) is 0 Å². The molecular formula is C11H11NO2. The van der Waals surface area contributed by atoms with E-state index in [1.807, 2.05) is 37.3 Å². The lowest BCUT2D eigenvalue weighted by Crippen LogP contribution is -2.15. The second-order valence-corrected chi connectivity index (χ2v) is 3.19. The molecule has 1 N–H and O–H groups in total. The van der Waals surface area contributed by atoms with Crippen molar-refractivity contribution in [1.82, 2.24) is 5.32 Å². The Morgan fingerprint density at radius 1 is 1.43 bits per heavy atom. The Hall–Kier alpha value is -1.77. The summed E-state index contributed by atoms with van der Waals surface area (Å²) in [5.41, 5.74) is 0.849. The minimum Gasteiger partial charge on any atom is -0.459 e. The van der Waals surface area contributed by atoms with Crippen molar-refractivity contribution in [2.24, 2.45) is 0 Å². The number of rotatable bonds is 3. The fourth-order valence-corrected chi connectivity index (χ4v) is 1.40. The predicted octanol–water partition coefficient (Wildman–Crippen LogP) is 2.24. The molecule has 1 atom stereocenters. The van der Waals surface area contributed by atoms with Crippen LogP contribution in [-0.4, -0.2) is 6.41 Å². The van der Waals surface area contributed by atoms with Crippen molar-refractivity contribution in [3.8, 4) is 0 Å². The zero-order chi connectivity index (χ0) is 9.97. The summed E-state index contributed by atoms with van der Waals surface area (Å²) in [4.78, 5) is 10.3. The molecule has 1 aromatic carbocycles. The number of para-hydroxylation sites is 1.